The number of carbonyl (C=O) groups is 1. The van der Waals surface area contributed by atoms with Gasteiger partial charge in [0.1, 0.15) is 0 Å². The van der Waals surface area contributed by atoms with Crippen LogP contribution in [0, 0.1) is 11.3 Å². The Morgan fingerprint density at radius 2 is 2.13 bits per heavy atom. The second-order valence-electron chi connectivity index (χ2n) is 10.1. The predicted octanol–water partition coefficient (Wildman–Crippen LogP) is 3.65. The lowest BCUT2D eigenvalue weighted by molar-refractivity contribution is -0.146. The Bertz CT molecular complexity index is 874. The average molecular weight is 438 g/mol. The highest BCUT2D eigenvalue weighted by atomic mass is 19.4. The molecule has 1 aromatic rings. The molecule has 5 nitrogen and oxygen atoms in total. The van der Waals surface area contributed by atoms with Gasteiger partial charge >= 0.3 is 6.18 Å². The second kappa shape index (κ2) is 7.44. The fourth-order valence-electron chi connectivity index (χ4n) is 6.24. The number of hydrogen-bond acceptors (Lipinski definition) is 4. The molecule has 0 spiro atoms. The van der Waals surface area contributed by atoms with Crippen molar-refractivity contribution in [2.24, 2.45) is 11.3 Å². The molecule has 0 aromatic carbocycles. The number of ether oxygens (including phenoxy) is 1. The van der Waals surface area contributed by atoms with E-state index in [1.54, 1.807) is 4.90 Å². The van der Waals surface area contributed by atoms with Crippen LogP contribution < -0.4 is 0 Å². The number of hydrogen-bond donors (Lipinski definition) is 0. The molecule has 2 saturated heterocycles. The predicted molar refractivity (Wildman–Crippen MR) is 108 cm³/mol. The van der Waals surface area contributed by atoms with E-state index < -0.39 is 17.2 Å². The highest BCUT2D eigenvalue weighted by Crippen LogP contribution is 2.49. The number of likely N-dealkylation sites (tertiary alicyclic amines) is 1. The van der Waals surface area contributed by atoms with Gasteiger partial charge in [-0.05, 0) is 43.2 Å². The summed E-state index contributed by atoms with van der Waals surface area (Å²) < 4.78 is 45.2. The molecule has 8 heteroatoms. The standard InChI is InChI=1S/C23H30F3N3O2/c1-14(2)22(5-3-17(9-22)29-12-19-8-18(29)13-31-19)21(30)28-6-4-20-15(11-28)7-16(10-27-20)23(24,25)26/h7,10,14,17-19H,3-6,8-9,11-13H2,1-2H3/t17?,18-,19-,22+/m1/s1. The first-order chi connectivity index (χ1) is 14.7. The minimum atomic E-state index is -4.43. The van der Waals surface area contributed by atoms with Crippen molar-refractivity contribution in [2.45, 2.75) is 76.9 Å². The number of fused-ring (bicyclic) bond motifs is 3. The van der Waals surface area contributed by atoms with E-state index in [4.69, 9.17) is 4.74 Å². The Hall–Kier alpha value is -1.67. The first-order valence-corrected chi connectivity index (χ1v) is 11.4. The summed E-state index contributed by atoms with van der Waals surface area (Å²) in [6.45, 7) is 6.71. The summed E-state index contributed by atoms with van der Waals surface area (Å²) in [5, 5.41) is 0. The van der Waals surface area contributed by atoms with E-state index in [1.807, 2.05) is 0 Å². The van der Waals surface area contributed by atoms with E-state index in [1.165, 1.54) is 6.07 Å². The second-order valence-corrected chi connectivity index (χ2v) is 10.1. The van der Waals surface area contributed by atoms with Gasteiger partial charge in [-0.3, -0.25) is 14.7 Å². The van der Waals surface area contributed by atoms with Crippen molar-refractivity contribution in [1.82, 2.24) is 14.8 Å². The smallest absolute Gasteiger partial charge is 0.375 e. The van der Waals surface area contributed by atoms with Gasteiger partial charge in [-0.15, -0.1) is 0 Å². The molecule has 3 fully saturated rings. The molecule has 31 heavy (non-hydrogen) atoms. The van der Waals surface area contributed by atoms with E-state index in [-0.39, 0.29) is 18.4 Å². The number of nitrogens with zero attached hydrogens (tertiary/aromatic N) is 3. The Balaban J connectivity index is 1.35. The van der Waals surface area contributed by atoms with Crippen molar-refractivity contribution in [1.29, 1.82) is 0 Å². The van der Waals surface area contributed by atoms with Crippen LogP contribution in [0.5, 0.6) is 0 Å². The molecule has 170 valence electrons. The van der Waals surface area contributed by atoms with Gasteiger partial charge in [0.2, 0.25) is 5.91 Å². The first kappa shape index (κ1) is 21.2. The summed E-state index contributed by atoms with van der Waals surface area (Å²) in [6, 6.07) is 2.03. The lowest BCUT2D eigenvalue weighted by Crippen LogP contribution is -2.49. The van der Waals surface area contributed by atoms with Crippen LogP contribution in [0.1, 0.15) is 56.4 Å². The van der Waals surface area contributed by atoms with E-state index in [9.17, 15) is 18.0 Å². The van der Waals surface area contributed by atoms with E-state index >= 15 is 0 Å². The number of morpholine rings is 1. The number of carbonyl (C=O) groups excluding carboxylic acids is 1. The molecule has 2 bridgehead atoms. The molecular formula is C23H30F3N3O2. The number of pyridine rings is 1. The maximum Gasteiger partial charge on any atom is 0.417 e. The average Bonchev–Trinajstić information content (AvgIpc) is 3.47. The molecule has 1 amide bonds. The molecule has 4 aliphatic rings. The monoisotopic (exact) mass is 437 g/mol. The molecule has 4 atom stereocenters. The third kappa shape index (κ3) is 3.55. The van der Waals surface area contributed by atoms with Crippen LogP contribution in [-0.2, 0) is 28.7 Å². The molecule has 1 aliphatic carbocycles. The summed E-state index contributed by atoms with van der Waals surface area (Å²) in [5.41, 5.74) is 0.0104. The largest absolute Gasteiger partial charge is 0.417 e. The number of aromatic nitrogens is 1. The van der Waals surface area contributed by atoms with Crippen molar-refractivity contribution < 1.29 is 22.7 Å². The van der Waals surface area contributed by atoms with Gasteiger partial charge in [0.15, 0.2) is 0 Å². The lowest BCUT2D eigenvalue weighted by atomic mass is 9.73. The molecule has 4 heterocycles. The molecule has 0 N–H and O–H groups in total. The Kier molecular flexibility index (Phi) is 5.09. The SMILES string of the molecule is CC(C)[C@]1(C(=O)N2CCc3ncc(C(F)(F)F)cc3C2)CCC(N2C[C@H]3C[C@@H]2CO3)C1. The van der Waals surface area contributed by atoms with Crippen molar-refractivity contribution in [3.63, 3.8) is 0 Å². The third-order valence-electron chi connectivity index (χ3n) is 8.12. The van der Waals surface area contributed by atoms with Gasteiger partial charge in [-0.2, -0.15) is 13.2 Å². The summed E-state index contributed by atoms with van der Waals surface area (Å²) in [6.07, 6.45) is 1.08. The Morgan fingerprint density at radius 1 is 1.32 bits per heavy atom. The van der Waals surface area contributed by atoms with Gasteiger partial charge < -0.3 is 9.64 Å². The molecule has 1 saturated carbocycles. The van der Waals surface area contributed by atoms with Gasteiger partial charge in [0.05, 0.1) is 23.7 Å². The van der Waals surface area contributed by atoms with Gasteiger partial charge in [0, 0.05) is 50.0 Å². The van der Waals surface area contributed by atoms with Gasteiger partial charge in [0.25, 0.3) is 0 Å². The molecule has 1 aromatic heterocycles. The van der Waals surface area contributed by atoms with Crippen molar-refractivity contribution in [3.05, 3.63) is 29.1 Å². The Labute approximate surface area is 180 Å². The third-order valence-corrected chi connectivity index (χ3v) is 8.12. The first-order valence-electron chi connectivity index (χ1n) is 11.4. The minimum absolute atomic E-state index is 0.105. The topological polar surface area (TPSA) is 45.7 Å². The number of alkyl halides is 3. The lowest BCUT2D eigenvalue weighted by Gasteiger charge is -2.40. The van der Waals surface area contributed by atoms with Crippen LogP contribution in [0.3, 0.4) is 0 Å². The van der Waals surface area contributed by atoms with E-state index in [0.29, 0.717) is 42.4 Å². The van der Waals surface area contributed by atoms with Crippen molar-refractivity contribution in [3.8, 4) is 0 Å². The zero-order chi connectivity index (χ0) is 22.0. The highest BCUT2D eigenvalue weighted by molar-refractivity contribution is 5.83. The van der Waals surface area contributed by atoms with Crippen LogP contribution in [0.25, 0.3) is 0 Å². The molecule has 1 unspecified atom stereocenters. The fourth-order valence-corrected chi connectivity index (χ4v) is 6.24. The molecule has 3 aliphatic heterocycles. The maximum absolute atomic E-state index is 13.8. The number of amides is 1. The molecule has 5 rings (SSSR count). The van der Waals surface area contributed by atoms with Crippen molar-refractivity contribution in [2.75, 3.05) is 19.7 Å². The van der Waals surface area contributed by atoms with Crippen LogP contribution >= 0.6 is 0 Å². The number of halogens is 3. The minimum Gasteiger partial charge on any atom is -0.375 e. The zero-order valence-electron chi connectivity index (χ0n) is 18.1. The normalized spacial score (nSPS) is 33.4. The quantitative estimate of drug-likeness (QED) is 0.724. The van der Waals surface area contributed by atoms with Crippen LogP contribution in [0.2, 0.25) is 0 Å². The van der Waals surface area contributed by atoms with Crippen LogP contribution in [-0.4, -0.2) is 58.6 Å². The highest BCUT2D eigenvalue weighted by Gasteiger charge is 2.53. The zero-order valence-corrected chi connectivity index (χ0v) is 18.1. The van der Waals surface area contributed by atoms with E-state index in [2.05, 4.69) is 23.7 Å². The summed E-state index contributed by atoms with van der Waals surface area (Å²) >= 11 is 0. The number of rotatable bonds is 3. The summed E-state index contributed by atoms with van der Waals surface area (Å²) in [4.78, 5) is 22.2. The summed E-state index contributed by atoms with van der Waals surface area (Å²) in [5.74, 6) is 0.288. The van der Waals surface area contributed by atoms with Crippen LogP contribution in [0.15, 0.2) is 12.3 Å². The van der Waals surface area contributed by atoms with Crippen molar-refractivity contribution >= 4 is 5.91 Å². The molecular weight excluding hydrogens is 407 g/mol. The molecule has 0 radical (unpaired) electrons. The maximum atomic E-state index is 13.8. The van der Waals surface area contributed by atoms with Gasteiger partial charge in [-0.25, -0.2) is 0 Å². The Morgan fingerprint density at radius 3 is 2.77 bits per heavy atom. The fraction of sp³-hybridized carbons (Fsp3) is 0.739. The summed E-state index contributed by atoms with van der Waals surface area (Å²) in [7, 11) is 0. The van der Waals surface area contributed by atoms with Crippen LogP contribution in [0.4, 0.5) is 13.2 Å². The van der Waals surface area contributed by atoms with E-state index in [0.717, 1.165) is 45.0 Å². The van der Waals surface area contributed by atoms with Gasteiger partial charge in [-0.1, -0.05) is 13.8 Å².